The van der Waals surface area contributed by atoms with E-state index in [1.165, 1.54) is 5.56 Å². The third kappa shape index (κ3) is 3.58. The van der Waals surface area contributed by atoms with Crippen molar-refractivity contribution in [1.29, 1.82) is 0 Å². The summed E-state index contributed by atoms with van der Waals surface area (Å²) in [6.45, 7) is 7.58. The Kier molecular flexibility index (Phi) is 4.99. The van der Waals surface area contributed by atoms with E-state index in [4.69, 9.17) is 0 Å². The SMILES string of the molecule is C=CCSCCNCc1cnc2c(c1)c(C)nn2C. The molecule has 0 fully saturated rings. The van der Waals surface area contributed by atoms with Gasteiger partial charge in [-0.25, -0.2) is 4.98 Å². The fourth-order valence-electron chi connectivity index (χ4n) is 1.99. The van der Waals surface area contributed by atoms with E-state index in [0.29, 0.717) is 0 Å². The van der Waals surface area contributed by atoms with Crippen LogP contribution in [-0.4, -0.2) is 32.8 Å². The van der Waals surface area contributed by atoms with Gasteiger partial charge in [-0.2, -0.15) is 16.9 Å². The Morgan fingerprint density at radius 2 is 2.37 bits per heavy atom. The molecule has 0 radical (unpaired) electrons. The summed E-state index contributed by atoms with van der Waals surface area (Å²) in [4.78, 5) is 4.47. The van der Waals surface area contributed by atoms with E-state index in [0.717, 1.165) is 41.3 Å². The number of nitrogens with zero attached hydrogens (tertiary/aromatic N) is 3. The van der Waals surface area contributed by atoms with Gasteiger partial charge in [0.05, 0.1) is 5.69 Å². The molecule has 0 saturated heterocycles. The molecule has 0 aliphatic rings. The Bertz CT molecular complexity index is 562. The second-order valence-corrected chi connectivity index (χ2v) is 5.61. The van der Waals surface area contributed by atoms with Crippen LogP contribution in [0, 0.1) is 6.92 Å². The fraction of sp³-hybridized carbons (Fsp3) is 0.429. The zero-order chi connectivity index (χ0) is 13.7. The summed E-state index contributed by atoms with van der Waals surface area (Å²) in [5.41, 5.74) is 3.19. The minimum absolute atomic E-state index is 0.853. The zero-order valence-corrected chi connectivity index (χ0v) is 12.3. The highest BCUT2D eigenvalue weighted by Gasteiger charge is 2.06. The number of hydrogen-bond acceptors (Lipinski definition) is 4. The first kappa shape index (κ1) is 14.1. The average Bonchev–Trinajstić information content (AvgIpc) is 2.69. The van der Waals surface area contributed by atoms with Crippen molar-refractivity contribution in [2.45, 2.75) is 13.5 Å². The first-order valence-electron chi connectivity index (χ1n) is 6.40. The Balaban J connectivity index is 1.91. The van der Waals surface area contributed by atoms with E-state index in [-0.39, 0.29) is 0 Å². The molecule has 0 atom stereocenters. The van der Waals surface area contributed by atoms with Crippen molar-refractivity contribution in [2.75, 3.05) is 18.1 Å². The number of hydrogen-bond donors (Lipinski definition) is 1. The van der Waals surface area contributed by atoms with Crippen molar-refractivity contribution in [3.63, 3.8) is 0 Å². The average molecular weight is 276 g/mol. The molecule has 2 rings (SSSR count). The minimum Gasteiger partial charge on any atom is -0.312 e. The van der Waals surface area contributed by atoms with Gasteiger partial charge in [0.2, 0.25) is 0 Å². The Hall–Kier alpha value is -1.33. The molecule has 102 valence electrons. The molecule has 0 aromatic carbocycles. The number of aromatic nitrogens is 3. The van der Waals surface area contributed by atoms with Crippen LogP contribution in [0.4, 0.5) is 0 Å². The topological polar surface area (TPSA) is 42.7 Å². The van der Waals surface area contributed by atoms with Crippen LogP contribution in [0.2, 0.25) is 0 Å². The molecule has 0 saturated carbocycles. The Morgan fingerprint density at radius 1 is 1.53 bits per heavy atom. The van der Waals surface area contributed by atoms with Gasteiger partial charge in [0, 0.05) is 43.2 Å². The van der Waals surface area contributed by atoms with E-state index >= 15 is 0 Å². The maximum atomic E-state index is 4.47. The molecule has 2 aromatic heterocycles. The van der Waals surface area contributed by atoms with Crippen LogP contribution < -0.4 is 5.32 Å². The molecule has 5 heteroatoms. The summed E-state index contributed by atoms with van der Waals surface area (Å²) in [5, 5.41) is 8.95. The summed E-state index contributed by atoms with van der Waals surface area (Å²) in [6, 6.07) is 2.18. The summed E-state index contributed by atoms with van der Waals surface area (Å²) in [5.74, 6) is 2.12. The number of fused-ring (bicyclic) bond motifs is 1. The van der Waals surface area contributed by atoms with Crippen LogP contribution in [-0.2, 0) is 13.6 Å². The lowest BCUT2D eigenvalue weighted by Gasteiger charge is -2.04. The molecular formula is C14H20N4S. The lowest BCUT2D eigenvalue weighted by Crippen LogP contribution is -2.16. The van der Waals surface area contributed by atoms with Crippen LogP contribution >= 0.6 is 11.8 Å². The smallest absolute Gasteiger partial charge is 0.157 e. The number of rotatable bonds is 7. The predicted molar refractivity (Wildman–Crippen MR) is 82.5 cm³/mol. The van der Waals surface area contributed by atoms with E-state index in [9.17, 15) is 0 Å². The summed E-state index contributed by atoms with van der Waals surface area (Å²) < 4.78 is 1.83. The third-order valence-corrected chi connectivity index (χ3v) is 3.87. The molecule has 0 spiro atoms. The standard InChI is InChI=1S/C14H20N4S/c1-4-6-19-7-5-15-9-12-8-13-11(2)17-18(3)14(13)16-10-12/h4,8,10,15H,1,5-7,9H2,2-3H3. The molecular weight excluding hydrogens is 256 g/mol. The van der Waals surface area contributed by atoms with Crippen LogP contribution in [0.1, 0.15) is 11.3 Å². The normalized spacial score (nSPS) is 11.1. The molecule has 0 aliphatic heterocycles. The predicted octanol–water partition coefficient (Wildman–Crippen LogP) is 2.29. The first-order valence-corrected chi connectivity index (χ1v) is 7.55. The maximum Gasteiger partial charge on any atom is 0.157 e. The first-order chi connectivity index (χ1) is 9.22. The third-order valence-electron chi connectivity index (χ3n) is 2.91. The number of aryl methyl sites for hydroxylation is 2. The summed E-state index contributed by atoms with van der Waals surface area (Å²) in [7, 11) is 1.93. The van der Waals surface area contributed by atoms with E-state index in [2.05, 4.69) is 28.0 Å². The molecule has 0 unspecified atom stereocenters. The molecule has 4 nitrogen and oxygen atoms in total. The molecule has 0 aliphatic carbocycles. The Labute approximate surface area is 118 Å². The van der Waals surface area contributed by atoms with Gasteiger partial charge < -0.3 is 5.32 Å². The van der Waals surface area contributed by atoms with Crippen molar-refractivity contribution in [3.05, 3.63) is 36.2 Å². The van der Waals surface area contributed by atoms with Gasteiger partial charge in [-0.3, -0.25) is 4.68 Å². The van der Waals surface area contributed by atoms with Crippen molar-refractivity contribution >= 4 is 22.8 Å². The van der Waals surface area contributed by atoms with Gasteiger partial charge in [-0.15, -0.1) is 6.58 Å². The number of pyridine rings is 1. The van der Waals surface area contributed by atoms with Crippen molar-refractivity contribution < 1.29 is 0 Å². The number of nitrogens with one attached hydrogen (secondary N) is 1. The highest BCUT2D eigenvalue weighted by molar-refractivity contribution is 7.99. The van der Waals surface area contributed by atoms with Crippen molar-refractivity contribution in [2.24, 2.45) is 7.05 Å². The second-order valence-electron chi connectivity index (χ2n) is 4.46. The molecule has 0 bridgehead atoms. The second kappa shape index (κ2) is 6.73. The molecule has 2 aromatic rings. The lowest BCUT2D eigenvalue weighted by atomic mass is 10.2. The molecule has 19 heavy (non-hydrogen) atoms. The van der Waals surface area contributed by atoms with Crippen LogP contribution in [0.5, 0.6) is 0 Å². The quantitative estimate of drug-likeness (QED) is 0.622. The maximum absolute atomic E-state index is 4.47. The lowest BCUT2D eigenvalue weighted by molar-refractivity contribution is 0.730. The van der Waals surface area contributed by atoms with Gasteiger partial charge in [0.25, 0.3) is 0 Å². The summed E-state index contributed by atoms with van der Waals surface area (Å²) >= 11 is 1.89. The highest BCUT2D eigenvalue weighted by Crippen LogP contribution is 2.16. The van der Waals surface area contributed by atoms with E-state index in [1.54, 1.807) is 0 Å². The van der Waals surface area contributed by atoms with E-state index in [1.807, 2.05) is 42.7 Å². The Morgan fingerprint density at radius 3 is 3.16 bits per heavy atom. The zero-order valence-electron chi connectivity index (χ0n) is 11.5. The molecule has 1 N–H and O–H groups in total. The van der Waals surface area contributed by atoms with Gasteiger partial charge in [0.1, 0.15) is 0 Å². The van der Waals surface area contributed by atoms with Gasteiger partial charge >= 0.3 is 0 Å². The fourth-order valence-corrected chi connectivity index (χ4v) is 2.61. The van der Waals surface area contributed by atoms with Crippen molar-refractivity contribution in [3.8, 4) is 0 Å². The largest absolute Gasteiger partial charge is 0.312 e. The van der Waals surface area contributed by atoms with Crippen LogP contribution in [0.15, 0.2) is 24.9 Å². The molecule has 0 amide bonds. The minimum atomic E-state index is 0.853. The number of thioether (sulfide) groups is 1. The van der Waals surface area contributed by atoms with Crippen LogP contribution in [0.3, 0.4) is 0 Å². The van der Waals surface area contributed by atoms with Crippen molar-refractivity contribution in [1.82, 2.24) is 20.1 Å². The van der Waals surface area contributed by atoms with Crippen LogP contribution in [0.25, 0.3) is 11.0 Å². The van der Waals surface area contributed by atoms with E-state index < -0.39 is 0 Å². The monoisotopic (exact) mass is 276 g/mol. The van der Waals surface area contributed by atoms with Gasteiger partial charge in [0.15, 0.2) is 5.65 Å². The molecule has 2 heterocycles. The van der Waals surface area contributed by atoms with Gasteiger partial charge in [-0.05, 0) is 18.6 Å². The van der Waals surface area contributed by atoms with Gasteiger partial charge in [-0.1, -0.05) is 6.08 Å². The highest BCUT2D eigenvalue weighted by atomic mass is 32.2. The summed E-state index contributed by atoms with van der Waals surface area (Å²) in [6.07, 6.45) is 3.86.